The van der Waals surface area contributed by atoms with Crippen molar-refractivity contribution < 1.29 is 41.4 Å². The Morgan fingerprint density at radius 3 is 2.30 bits per heavy atom. The molecule has 0 aliphatic heterocycles. The molecule has 2 aromatic rings. The molecule has 1 unspecified atom stereocenters. The van der Waals surface area contributed by atoms with Crippen molar-refractivity contribution in [2.45, 2.75) is 13.0 Å². The topological polar surface area (TPSA) is 93.7 Å². The molecule has 0 saturated carbocycles. The van der Waals surface area contributed by atoms with Gasteiger partial charge in [-0.05, 0) is 43.3 Å². The zero-order valence-electron chi connectivity index (χ0n) is 15.5. The van der Waals surface area contributed by atoms with E-state index in [0.717, 1.165) is 18.2 Å². The Hall–Kier alpha value is -3.63. The monoisotopic (exact) mass is 428 g/mol. The number of benzene rings is 2. The van der Waals surface area contributed by atoms with Gasteiger partial charge in [-0.3, -0.25) is 9.59 Å². The van der Waals surface area contributed by atoms with Gasteiger partial charge >= 0.3 is 5.97 Å². The standard InChI is InChI=1S/C19H16F4N2O5/c1-10(30-16(27)9-29-12-4-2-11(20)3-5-12)19(28)24-8-15(26)25-14-7-6-13(21)17(22)18(14)23/h2-7,10H,8-9H2,1H3,(H,24,28)(H,25,26). The van der Waals surface area contributed by atoms with Crippen LogP contribution in [0.2, 0.25) is 0 Å². The van der Waals surface area contributed by atoms with Crippen LogP contribution in [0.3, 0.4) is 0 Å². The molecule has 0 radical (unpaired) electrons. The highest BCUT2D eigenvalue weighted by Crippen LogP contribution is 2.19. The van der Waals surface area contributed by atoms with E-state index in [1.807, 2.05) is 5.32 Å². The normalized spacial score (nSPS) is 11.4. The van der Waals surface area contributed by atoms with Crippen molar-refractivity contribution >= 4 is 23.5 Å². The van der Waals surface area contributed by atoms with Gasteiger partial charge in [-0.25, -0.2) is 22.4 Å². The highest BCUT2D eigenvalue weighted by atomic mass is 19.2. The van der Waals surface area contributed by atoms with Crippen LogP contribution < -0.4 is 15.4 Å². The van der Waals surface area contributed by atoms with Crippen LogP contribution in [-0.4, -0.2) is 37.0 Å². The minimum absolute atomic E-state index is 0.214. The van der Waals surface area contributed by atoms with Gasteiger partial charge in [-0.1, -0.05) is 0 Å². The number of hydrogen-bond acceptors (Lipinski definition) is 5. The van der Waals surface area contributed by atoms with Crippen molar-refractivity contribution in [1.29, 1.82) is 0 Å². The largest absolute Gasteiger partial charge is 0.482 e. The Morgan fingerprint density at radius 2 is 1.63 bits per heavy atom. The number of carbonyl (C=O) groups excluding carboxylic acids is 3. The third kappa shape index (κ3) is 6.47. The number of anilines is 1. The molecule has 2 rings (SSSR count). The Morgan fingerprint density at radius 1 is 0.967 bits per heavy atom. The molecule has 0 aromatic heterocycles. The molecular formula is C19H16F4N2O5. The molecule has 30 heavy (non-hydrogen) atoms. The highest BCUT2D eigenvalue weighted by Gasteiger charge is 2.20. The van der Waals surface area contributed by atoms with E-state index in [9.17, 15) is 31.9 Å². The van der Waals surface area contributed by atoms with Crippen molar-refractivity contribution in [2.75, 3.05) is 18.5 Å². The van der Waals surface area contributed by atoms with Crippen LogP contribution in [-0.2, 0) is 19.1 Å². The number of hydrogen-bond donors (Lipinski definition) is 2. The summed E-state index contributed by atoms with van der Waals surface area (Å²) in [6.07, 6.45) is -1.29. The van der Waals surface area contributed by atoms with Crippen molar-refractivity contribution in [2.24, 2.45) is 0 Å². The van der Waals surface area contributed by atoms with Gasteiger partial charge in [0.15, 0.2) is 30.2 Å². The summed E-state index contributed by atoms with van der Waals surface area (Å²) >= 11 is 0. The number of ether oxygens (including phenoxy) is 2. The Bertz CT molecular complexity index is 937. The SMILES string of the molecule is CC(OC(=O)COc1ccc(F)cc1)C(=O)NCC(=O)Nc1ccc(F)c(F)c1F. The molecule has 0 bridgehead atoms. The predicted molar refractivity (Wildman–Crippen MR) is 95.4 cm³/mol. The van der Waals surface area contributed by atoms with Crippen molar-refractivity contribution in [3.8, 4) is 5.75 Å². The summed E-state index contributed by atoms with van der Waals surface area (Å²) in [6, 6.07) is 6.31. The molecule has 0 spiro atoms. The number of halogens is 4. The zero-order valence-corrected chi connectivity index (χ0v) is 15.5. The lowest BCUT2D eigenvalue weighted by Crippen LogP contribution is -2.40. The zero-order chi connectivity index (χ0) is 22.3. The summed E-state index contributed by atoms with van der Waals surface area (Å²) in [5.74, 6) is -7.68. The first-order valence-electron chi connectivity index (χ1n) is 8.46. The van der Waals surface area contributed by atoms with Crippen molar-refractivity contribution in [1.82, 2.24) is 5.32 Å². The van der Waals surface area contributed by atoms with E-state index < -0.39 is 66.0 Å². The Labute approximate surface area is 168 Å². The number of rotatable bonds is 8. The fourth-order valence-corrected chi connectivity index (χ4v) is 2.09. The average molecular weight is 428 g/mol. The van der Waals surface area contributed by atoms with E-state index in [0.29, 0.717) is 6.07 Å². The minimum atomic E-state index is -1.75. The van der Waals surface area contributed by atoms with E-state index in [-0.39, 0.29) is 5.75 Å². The molecule has 0 saturated heterocycles. The smallest absolute Gasteiger partial charge is 0.344 e. The number of nitrogens with one attached hydrogen (secondary N) is 2. The maximum Gasteiger partial charge on any atom is 0.344 e. The van der Waals surface area contributed by atoms with E-state index >= 15 is 0 Å². The average Bonchev–Trinajstić information content (AvgIpc) is 2.72. The molecule has 11 heteroatoms. The fraction of sp³-hybridized carbons (Fsp3) is 0.211. The maximum atomic E-state index is 13.5. The predicted octanol–water partition coefficient (Wildman–Crippen LogP) is 2.31. The second-order valence-corrected chi connectivity index (χ2v) is 5.86. The van der Waals surface area contributed by atoms with Crippen LogP contribution in [0.15, 0.2) is 36.4 Å². The van der Waals surface area contributed by atoms with E-state index in [1.54, 1.807) is 0 Å². The molecule has 2 aromatic carbocycles. The minimum Gasteiger partial charge on any atom is -0.482 e. The third-order valence-electron chi connectivity index (χ3n) is 3.58. The van der Waals surface area contributed by atoms with Crippen LogP contribution in [0, 0.1) is 23.3 Å². The van der Waals surface area contributed by atoms with Gasteiger partial charge < -0.3 is 20.1 Å². The second kappa shape index (κ2) is 10.2. The third-order valence-corrected chi connectivity index (χ3v) is 3.58. The van der Waals surface area contributed by atoms with Gasteiger partial charge in [0.2, 0.25) is 5.91 Å². The molecule has 160 valence electrons. The molecule has 0 aliphatic rings. The van der Waals surface area contributed by atoms with Crippen LogP contribution >= 0.6 is 0 Å². The quantitative estimate of drug-likeness (QED) is 0.382. The summed E-state index contributed by atoms with van der Waals surface area (Å²) in [6.45, 7) is 0.0441. The highest BCUT2D eigenvalue weighted by molar-refractivity contribution is 5.95. The van der Waals surface area contributed by atoms with Crippen molar-refractivity contribution in [3.63, 3.8) is 0 Å². The van der Waals surface area contributed by atoms with Gasteiger partial charge in [0.05, 0.1) is 12.2 Å². The van der Waals surface area contributed by atoms with Gasteiger partial charge in [0.1, 0.15) is 11.6 Å². The van der Waals surface area contributed by atoms with Gasteiger partial charge in [-0.15, -0.1) is 0 Å². The first kappa shape index (κ1) is 22.7. The Kier molecular flexibility index (Phi) is 7.73. The van der Waals surface area contributed by atoms with Gasteiger partial charge in [0, 0.05) is 0 Å². The molecule has 0 aliphatic carbocycles. The Balaban J connectivity index is 1.75. The number of carbonyl (C=O) groups is 3. The van der Waals surface area contributed by atoms with E-state index in [1.165, 1.54) is 19.1 Å². The summed E-state index contributed by atoms with van der Waals surface area (Å²) in [4.78, 5) is 35.3. The lowest BCUT2D eigenvalue weighted by Gasteiger charge is -2.14. The first-order chi connectivity index (χ1) is 14.2. The van der Waals surface area contributed by atoms with Crippen LogP contribution in [0.5, 0.6) is 5.75 Å². The maximum absolute atomic E-state index is 13.5. The summed E-state index contributed by atoms with van der Waals surface area (Å²) in [5, 5.41) is 4.10. The summed E-state index contributed by atoms with van der Waals surface area (Å²) in [5.41, 5.74) is -0.606. The fourth-order valence-electron chi connectivity index (χ4n) is 2.09. The van der Waals surface area contributed by atoms with Gasteiger partial charge in [-0.2, -0.15) is 0 Å². The molecule has 7 nitrogen and oxygen atoms in total. The summed E-state index contributed by atoms with van der Waals surface area (Å²) in [7, 11) is 0. The van der Waals surface area contributed by atoms with Crippen LogP contribution in [0.1, 0.15) is 6.92 Å². The van der Waals surface area contributed by atoms with Crippen LogP contribution in [0.25, 0.3) is 0 Å². The van der Waals surface area contributed by atoms with Crippen molar-refractivity contribution in [3.05, 3.63) is 59.7 Å². The second-order valence-electron chi connectivity index (χ2n) is 5.86. The lowest BCUT2D eigenvalue weighted by molar-refractivity contribution is -0.156. The molecule has 2 N–H and O–H groups in total. The van der Waals surface area contributed by atoms with Crippen LogP contribution in [0.4, 0.5) is 23.2 Å². The van der Waals surface area contributed by atoms with E-state index in [2.05, 4.69) is 5.32 Å². The first-order valence-corrected chi connectivity index (χ1v) is 8.46. The number of esters is 1. The summed E-state index contributed by atoms with van der Waals surface area (Å²) < 4.78 is 62.2. The molecule has 0 heterocycles. The molecule has 2 amide bonds. The lowest BCUT2D eigenvalue weighted by atomic mass is 10.2. The molecule has 0 fully saturated rings. The van der Waals surface area contributed by atoms with E-state index in [4.69, 9.17) is 9.47 Å². The molecular weight excluding hydrogens is 412 g/mol. The molecule has 1 atom stereocenters. The van der Waals surface area contributed by atoms with Gasteiger partial charge in [0.25, 0.3) is 5.91 Å². The number of amides is 2.